The van der Waals surface area contributed by atoms with Gasteiger partial charge in [-0.25, -0.2) is 0 Å². The van der Waals surface area contributed by atoms with E-state index in [1.807, 2.05) is 30.5 Å². The van der Waals surface area contributed by atoms with Crippen molar-refractivity contribution < 1.29 is 6.22 Å². The molecule has 2 aromatic rings. The number of aromatic nitrogens is 1. The normalized spacial score (nSPS) is 10.2. The van der Waals surface area contributed by atoms with Crippen LogP contribution < -0.4 is 0 Å². The predicted molar refractivity (Wildman–Crippen MR) is 44.8 cm³/mol. The molecular formula is C9H8NO+. The number of carbonyl (C=O) groups excluding carboxylic acids is 1. The van der Waals surface area contributed by atoms with Crippen LogP contribution in [0.2, 0.25) is 0 Å². The van der Waals surface area contributed by atoms with E-state index < -0.39 is 0 Å². The molecule has 1 N–H and O–H groups in total. The number of hydrogen-bond acceptors (Lipinski definition) is 1. The molecule has 0 aliphatic carbocycles. The molecule has 0 atom stereocenters. The zero-order chi connectivity index (χ0) is 7.68. The summed E-state index contributed by atoms with van der Waals surface area (Å²) in [6, 6.07) is 7.77. The highest BCUT2D eigenvalue weighted by Gasteiger charge is 1.98. The average Bonchev–Trinajstić information content (AvgIpc) is 2.47. The highest BCUT2D eigenvalue weighted by atomic mass is 16.1. The first-order chi connectivity index (χ1) is 5.42. The fraction of sp³-hybridized carbons (Fsp3) is 0. The zero-order valence-corrected chi connectivity index (χ0v) is 5.87. The van der Waals surface area contributed by atoms with Gasteiger partial charge in [0.2, 0.25) is 0 Å². The van der Waals surface area contributed by atoms with E-state index in [1.165, 1.54) is 0 Å². The summed E-state index contributed by atoms with van der Waals surface area (Å²) in [6.45, 7) is 0. The number of H-pyrrole nitrogens is 1. The number of nitrogens with one attached hydrogen (secondary N) is 1. The Morgan fingerprint density at radius 1 is 1.36 bits per heavy atom. The second-order valence-corrected chi connectivity index (χ2v) is 2.41. The third-order valence-corrected chi connectivity index (χ3v) is 1.75. The van der Waals surface area contributed by atoms with E-state index in [-0.39, 0.29) is 1.43 Å². The van der Waals surface area contributed by atoms with E-state index in [1.54, 1.807) is 0 Å². The highest BCUT2D eigenvalue weighted by molar-refractivity contribution is 5.96. The Morgan fingerprint density at radius 3 is 3.00 bits per heavy atom. The van der Waals surface area contributed by atoms with Gasteiger partial charge in [0.05, 0.1) is 5.69 Å². The van der Waals surface area contributed by atoms with E-state index in [0.717, 1.165) is 17.1 Å². The van der Waals surface area contributed by atoms with Crippen LogP contribution in [0.15, 0.2) is 30.5 Å². The lowest BCUT2D eigenvalue weighted by atomic mass is 10.2. The molecule has 2 rings (SSSR count). The Hall–Kier alpha value is -1.57. The van der Waals surface area contributed by atoms with Crippen molar-refractivity contribution in [2.45, 2.75) is 0 Å². The summed E-state index contributed by atoms with van der Waals surface area (Å²) < 4.78 is 0. The SMILES string of the molecule is O=Cc1[nH]cc2ccccc12.[H+]. The Kier molecular flexibility index (Phi) is 1.25. The predicted octanol–water partition coefficient (Wildman–Crippen LogP) is 2.09. The van der Waals surface area contributed by atoms with Crippen LogP contribution in [0.1, 0.15) is 11.9 Å². The number of carbonyl (C=O) groups is 1. The number of rotatable bonds is 1. The molecule has 0 amide bonds. The molecule has 1 aromatic carbocycles. The molecule has 0 bridgehead atoms. The second-order valence-electron chi connectivity index (χ2n) is 2.41. The average molecular weight is 146 g/mol. The molecule has 0 spiro atoms. The molecule has 1 aromatic heterocycles. The molecule has 54 valence electrons. The van der Waals surface area contributed by atoms with Crippen LogP contribution in [0, 0.1) is 0 Å². The molecule has 0 aliphatic heterocycles. The van der Waals surface area contributed by atoms with E-state index in [2.05, 4.69) is 4.98 Å². The largest absolute Gasteiger partial charge is 1.00 e. The van der Waals surface area contributed by atoms with Crippen LogP contribution in [-0.4, -0.2) is 11.3 Å². The molecule has 2 nitrogen and oxygen atoms in total. The topological polar surface area (TPSA) is 32.9 Å². The van der Waals surface area contributed by atoms with Gasteiger partial charge in [0.25, 0.3) is 0 Å². The second kappa shape index (κ2) is 2.23. The summed E-state index contributed by atoms with van der Waals surface area (Å²) in [4.78, 5) is 13.3. The van der Waals surface area contributed by atoms with Crippen LogP contribution in [0.3, 0.4) is 0 Å². The molecule has 0 fully saturated rings. The van der Waals surface area contributed by atoms with E-state index in [0.29, 0.717) is 5.69 Å². The number of hydrogen-bond donors (Lipinski definition) is 1. The van der Waals surface area contributed by atoms with Crippen molar-refractivity contribution in [3.8, 4) is 0 Å². The summed E-state index contributed by atoms with van der Waals surface area (Å²) >= 11 is 0. The zero-order valence-electron chi connectivity index (χ0n) is 6.87. The van der Waals surface area contributed by atoms with Gasteiger partial charge in [0.15, 0.2) is 6.29 Å². The van der Waals surface area contributed by atoms with Crippen LogP contribution in [0.5, 0.6) is 0 Å². The molecule has 11 heavy (non-hydrogen) atoms. The van der Waals surface area contributed by atoms with Gasteiger partial charge in [-0.3, -0.25) is 4.79 Å². The minimum absolute atomic E-state index is 0. The smallest absolute Gasteiger partial charge is 0.358 e. The Labute approximate surface area is 65.3 Å². The first kappa shape index (κ1) is 6.16. The number of aldehydes is 1. The van der Waals surface area contributed by atoms with Crippen molar-refractivity contribution in [2.75, 3.05) is 0 Å². The van der Waals surface area contributed by atoms with E-state index >= 15 is 0 Å². The first-order valence-corrected chi connectivity index (χ1v) is 3.43. The van der Waals surface area contributed by atoms with Crippen molar-refractivity contribution in [3.63, 3.8) is 0 Å². The van der Waals surface area contributed by atoms with Gasteiger partial charge in [-0.15, -0.1) is 0 Å². The van der Waals surface area contributed by atoms with E-state index in [4.69, 9.17) is 0 Å². The van der Waals surface area contributed by atoms with Crippen molar-refractivity contribution in [1.29, 1.82) is 0 Å². The molecule has 0 aliphatic rings. The van der Waals surface area contributed by atoms with Crippen molar-refractivity contribution in [2.24, 2.45) is 0 Å². The summed E-state index contributed by atoms with van der Waals surface area (Å²) in [5.74, 6) is 0. The molecule has 1 heterocycles. The van der Waals surface area contributed by atoms with Gasteiger partial charge in [0, 0.05) is 11.6 Å². The maximum absolute atomic E-state index is 10.5. The van der Waals surface area contributed by atoms with Gasteiger partial charge >= 0.3 is 1.43 Å². The van der Waals surface area contributed by atoms with Crippen molar-refractivity contribution in [1.82, 2.24) is 4.98 Å². The van der Waals surface area contributed by atoms with Crippen LogP contribution in [0.25, 0.3) is 10.8 Å². The van der Waals surface area contributed by atoms with Crippen molar-refractivity contribution >= 4 is 17.1 Å². The van der Waals surface area contributed by atoms with Crippen molar-refractivity contribution in [3.05, 3.63) is 36.2 Å². The molecular weight excluding hydrogens is 138 g/mol. The lowest BCUT2D eigenvalue weighted by molar-refractivity contribution is 0.112. The standard InChI is InChI=1S/C9H7NO/c11-6-9-8-4-2-1-3-7(8)5-10-9/h1-6,10H/p+1. The third kappa shape index (κ3) is 0.835. The van der Waals surface area contributed by atoms with Crippen LogP contribution in [0.4, 0.5) is 0 Å². The number of fused-ring (bicyclic) bond motifs is 1. The Morgan fingerprint density at radius 2 is 2.18 bits per heavy atom. The summed E-state index contributed by atoms with van der Waals surface area (Å²) in [5, 5.41) is 2.07. The Balaban J connectivity index is 0.000000720. The quantitative estimate of drug-likeness (QED) is 0.614. The lowest BCUT2D eigenvalue weighted by Crippen LogP contribution is -1.76. The molecule has 0 saturated carbocycles. The first-order valence-electron chi connectivity index (χ1n) is 3.43. The van der Waals surface area contributed by atoms with Crippen LogP contribution in [-0.2, 0) is 0 Å². The van der Waals surface area contributed by atoms with Gasteiger partial charge < -0.3 is 4.98 Å². The van der Waals surface area contributed by atoms with Gasteiger partial charge in [-0.1, -0.05) is 24.3 Å². The monoisotopic (exact) mass is 146 g/mol. The fourth-order valence-corrected chi connectivity index (χ4v) is 1.20. The van der Waals surface area contributed by atoms with E-state index in [9.17, 15) is 4.79 Å². The van der Waals surface area contributed by atoms with Gasteiger partial charge in [-0.05, 0) is 5.39 Å². The maximum atomic E-state index is 10.5. The van der Waals surface area contributed by atoms with Gasteiger partial charge in [-0.2, -0.15) is 0 Å². The lowest BCUT2D eigenvalue weighted by Gasteiger charge is -1.86. The molecule has 0 saturated heterocycles. The minimum atomic E-state index is 0. The third-order valence-electron chi connectivity index (χ3n) is 1.75. The van der Waals surface area contributed by atoms with Gasteiger partial charge in [0.1, 0.15) is 0 Å². The summed E-state index contributed by atoms with van der Waals surface area (Å²) in [5.41, 5.74) is 0.653. The minimum Gasteiger partial charge on any atom is -0.358 e. The van der Waals surface area contributed by atoms with Crippen LogP contribution >= 0.6 is 0 Å². The maximum Gasteiger partial charge on any atom is 1.00 e. The number of benzene rings is 1. The molecule has 0 unspecified atom stereocenters. The Bertz CT molecular complexity index is 394. The summed E-state index contributed by atoms with van der Waals surface area (Å²) in [7, 11) is 0. The molecule has 0 radical (unpaired) electrons. The number of aromatic amines is 1. The summed E-state index contributed by atoms with van der Waals surface area (Å²) in [6.07, 6.45) is 2.67. The highest BCUT2D eigenvalue weighted by Crippen LogP contribution is 2.15. The fourth-order valence-electron chi connectivity index (χ4n) is 1.20. The molecule has 2 heteroatoms.